The van der Waals surface area contributed by atoms with E-state index in [0.717, 1.165) is 22.9 Å². The second kappa shape index (κ2) is 8.42. The molecule has 2 N–H and O–H groups in total. The first kappa shape index (κ1) is 18.6. The van der Waals surface area contributed by atoms with Crippen LogP contribution in [0.4, 0.5) is 11.4 Å². The standard InChI is InChI=1S/C20H26N2O3/c1-5-24-17-11-7-15(8-12-17)21-19(23)20(3,4)22-16-9-13-18(14-10-16)25-6-2/h7-14,22H,5-6H2,1-4H3,(H,21,23). The second-order valence-electron chi connectivity index (χ2n) is 6.12. The number of anilines is 2. The van der Waals surface area contributed by atoms with Gasteiger partial charge in [-0.05, 0) is 76.2 Å². The quantitative estimate of drug-likeness (QED) is 0.750. The first-order chi connectivity index (χ1) is 11.9. The van der Waals surface area contributed by atoms with Gasteiger partial charge in [-0.3, -0.25) is 4.79 Å². The molecule has 5 heteroatoms. The highest BCUT2D eigenvalue weighted by atomic mass is 16.5. The molecule has 0 spiro atoms. The van der Waals surface area contributed by atoms with Crippen molar-refractivity contribution < 1.29 is 14.3 Å². The molecule has 0 saturated carbocycles. The Bertz CT molecular complexity index is 679. The SMILES string of the molecule is CCOc1ccc(NC(=O)C(C)(C)Nc2ccc(OCC)cc2)cc1. The van der Waals surface area contributed by atoms with Crippen LogP contribution in [0.5, 0.6) is 11.5 Å². The van der Waals surface area contributed by atoms with Gasteiger partial charge in [-0.2, -0.15) is 0 Å². The molecule has 134 valence electrons. The maximum absolute atomic E-state index is 12.6. The molecule has 2 aromatic rings. The van der Waals surface area contributed by atoms with Crippen LogP contribution >= 0.6 is 0 Å². The third-order valence-corrected chi connectivity index (χ3v) is 3.61. The van der Waals surface area contributed by atoms with Gasteiger partial charge in [-0.1, -0.05) is 0 Å². The zero-order chi connectivity index (χ0) is 18.3. The summed E-state index contributed by atoms with van der Waals surface area (Å²) in [6.07, 6.45) is 0. The Morgan fingerprint density at radius 3 is 1.72 bits per heavy atom. The topological polar surface area (TPSA) is 59.6 Å². The lowest BCUT2D eigenvalue weighted by atomic mass is 10.0. The maximum Gasteiger partial charge on any atom is 0.249 e. The van der Waals surface area contributed by atoms with Gasteiger partial charge < -0.3 is 20.1 Å². The third-order valence-electron chi connectivity index (χ3n) is 3.61. The van der Waals surface area contributed by atoms with Crippen LogP contribution in [0.25, 0.3) is 0 Å². The largest absolute Gasteiger partial charge is 0.494 e. The van der Waals surface area contributed by atoms with Crippen LogP contribution in [0.2, 0.25) is 0 Å². The molecule has 0 saturated heterocycles. The van der Waals surface area contributed by atoms with Crippen molar-refractivity contribution in [2.75, 3.05) is 23.8 Å². The summed E-state index contributed by atoms with van der Waals surface area (Å²) >= 11 is 0. The van der Waals surface area contributed by atoms with E-state index in [4.69, 9.17) is 9.47 Å². The highest BCUT2D eigenvalue weighted by Gasteiger charge is 2.27. The number of hydrogen-bond acceptors (Lipinski definition) is 4. The number of amides is 1. The Balaban J connectivity index is 1.98. The Morgan fingerprint density at radius 1 is 0.840 bits per heavy atom. The van der Waals surface area contributed by atoms with Crippen LogP contribution in [0.1, 0.15) is 27.7 Å². The van der Waals surface area contributed by atoms with Crippen molar-refractivity contribution in [3.63, 3.8) is 0 Å². The zero-order valence-corrected chi connectivity index (χ0v) is 15.3. The molecule has 2 rings (SSSR count). The van der Waals surface area contributed by atoms with Crippen molar-refractivity contribution in [2.45, 2.75) is 33.2 Å². The molecule has 5 nitrogen and oxygen atoms in total. The van der Waals surface area contributed by atoms with Crippen molar-refractivity contribution in [1.29, 1.82) is 0 Å². The molecule has 25 heavy (non-hydrogen) atoms. The van der Waals surface area contributed by atoms with Crippen LogP contribution < -0.4 is 20.1 Å². The minimum atomic E-state index is -0.772. The molecule has 0 radical (unpaired) electrons. The fraction of sp³-hybridized carbons (Fsp3) is 0.350. The van der Waals surface area contributed by atoms with E-state index in [1.54, 1.807) is 0 Å². The van der Waals surface area contributed by atoms with Crippen LogP contribution in [0.15, 0.2) is 48.5 Å². The molecule has 0 fully saturated rings. The average molecular weight is 342 g/mol. The lowest BCUT2D eigenvalue weighted by Gasteiger charge is -2.26. The molecule has 0 aliphatic heterocycles. The summed E-state index contributed by atoms with van der Waals surface area (Å²) in [7, 11) is 0. The highest BCUT2D eigenvalue weighted by molar-refractivity contribution is 5.99. The van der Waals surface area contributed by atoms with E-state index in [1.165, 1.54) is 0 Å². The molecule has 0 aliphatic carbocycles. The van der Waals surface area contributed by atoms with E-state index in [1.807, 2.05) is 76.2 Å². The summed E-state index contributed by atoms with van der Waals surface area (Å²) in [4.78, 5) is 12.6. The predicted octanol–water partition coefficient (Wildman–Crippen LogP) is 4.31. The summed E-state index contributed by atoms with van der Waals surface area (Å²) in [6.45, 7) is 8.81. The number of nitrogens with one attached hydrogen (secondary N) is 2. The Morgan fingerprint density at radius 2 is 1.28 bits per heavy atom. The van der Waals surface area contributed by atoms with E-state index in [-0.39, 0.29) is 5.91 Å². The summed E-state index contributed by atoms with van der Waals surface area (Å²) in [6, 6.07) is 14.9. The predicted molar refractivity (Wildman–Crippen MR) is 102 cm³/mol. The molecule has 0 atom stereocenters. The lowest BCUT2D eigenvalue weighted by Crippen LogP contribution is -2.44. The van der Waals surface area contributed by atoms with Gasteiger partial charge in [-0.15, -0.1) is 0 Å². The van der Waals surface area contributed by atoms with Crippen molar-refractivity contribution in [1.82, 2.24) is 0 Å². The van der Waals surface area contributed by atoms with Crippen molar-refractivity contribution in [3.8, 4) is 11.5 Å². The Kier molecular flexibility index (Phi) is 6.28. The molecular formula is C20H26N2O3. The maximum atomic E-state index is 12.6. The van der Waals surface area contributed by atoms with Gasteiger partial charge in [0.15, 0.2) is 0 Å². The molecular weight excluding hydrogens is 316 g/mol. The van der Waals surface area contributed by atoms with E-state index in [0.29, 0.717) is 13.2 Å². The summed E-state index contributed by atoms with van der Waals surface area (Å²) in [5, 5.41) is 6.17. The normalized spacial score (nSPS) is 10.9. The fourth-order valence-corrected chi connectivity index (χ4v) is 2.31. The second-order valence-corrected chi connectivity index (χ2v) is 6.12. The van der Waals surface area contributed by atoms with Gasteiger partial charge in [0, 0.05) is 11.4 Å². The summed E-state index contributed by atoms with van der Waals surface area (Å²) < 4.78 is 10.8. The minimum Gasteiger partial charge on any atom is -0.494 e. The molecule has 0 aromatic heterocycles. The summed E-state index contributed by atoms with van der Waals surface area (Å²) in [5.74, 6) is 1.47. The van der Waals surface area contributed by atoms with Crippen LogP contribution in [-0.4, -0.2) is 24.7 Å². The van der Waals surface area contributed by atoms with Gasteiger partial charge in [0.1, 0.15) is 17.0 Å². The van der Waals surface area contributed by atoms with Gasteiger partial charge in [-0.25, -0.2) is 0 Å². The molecule has 2 aromatic carbocycles. The molecule has 0 heterocycles. The molecule has 0 unspecified atom stereocenters. The van der Waals surface area contributed by atoms with Crippen molar-refractivity contribution >= 4 is 17.3 Å². The number of rotatable bonds is 8. The van der Waals surface area contributed by atoms with E-state index >= 15 is 0 Å². The molecule has 0 bridgehead atoms. The number of carbonyl (C=O) groups is 1. The van der Waals surface area contributed by atoms with E-state index < -0.39 is 5.54 Å². The third kappa shape index (κ3) is 5.41. The highest BCUT2D eigenvalue weighted by Crippen LogP contribution is 2.21. The molecule has 0 aliphatic rings. The van der Waals surface area contributed by atoms with Crippen LogP contribution in [0.3, 0.4) is 0 Å². The average Bonchev–Trinajstić information content (AvgIpc) is 2.58. The smallest absolute Gasteiger partial charge is 0.249 e. The lowest BCUT2D eigenvalue weighted by molar-refractivity contribution is -0.119. The minimum absolute atomic E-state index is 0.120. The monoisotopic (exact) mass is 342 g/mol. The molecule has 1 amide bonds. The Labute approximate surface area is 149 Å². The summed E-state index contributed by atoms with van der Waals surface area (Å²) in [5.41, 5.74) is 0.816. The van der Waals surface area contributed by atoms with Gasteiger partial charge >= 0.3 is 0 Å². The van der Waals surface area contributed by atoms with Crippen molar-refractivity contribution in [3.05, 3.63) is 48.5 Å². The van der Waals surface area contributed by atoms with E-state index in [2.05, 4.69) is 10.6 Å². The number of benzene rings is 2. The van der Waals surface area contributed by atoms with Crippen molar-refractivity contribution in [2.24, 2.45) is 0 Å². The first-order valence-corrected chi connectivity index (χ1v) is 8.50. The van der Waals surface area contributed by atoms with E-state index in [9.17, 15) is 4.79 Å². The van der Waals surface area contributed by atoms with Gasteiger partial charge in [0.05, 0.1) is 13.2 Å². The number of carbonyl (C=O) groups excluding carboxylic acids is 1. The number of hydrogen-bond donors (Lipinski definition) is 2. The van der Waals surface area contributed by atoms with Crippen LogP contribution in [-0.2, 0) is 4.79 Å². The first-order valence-electron chi connectivity index (χ1n) is 8.50. The fourth-order valence-electron chi connectivity index (χ4n) is 2.31. The Hall–Kier alpha value is -2.69. The number of ether oxygens (including phenoxy) is 2. The zero-order valence-electron chi connectivity index (χ0n) is 15.3. The van der Waals surface area contributed by atoms with Crippen LogP contribution in [0, 0.1) is 0 Å². The van der Waals surface area contributed by atoms with Gasteiger partial charge in [0.2, 0.25) is 5.91 Å². The van der Waals surface area contributed by atoms with Gasteiger partial charge in [0.25, 0.3) is 0 Å².